The minimum absolute atomic E-state index is 0.0800. The molecule has 0 aliphatic carbocycles. The number of halogens is 1. The second-order valence-electron chi connectivity index (χ2n) is 8.29. The van der Waals surface area contributed by atoms with Gasteiger partial charge in [-0.15, -0.1) is 11.3 Å². The Morgan fingerprint density at radius 2 is 1.61 bits per heavy atom. The van der Waals surface area contributed by atoms with Gasteiger partial charge in [0.25, 0.3) is 17.5 Å². The molecule has 1 atom stereocenters. The zero-order chi connectivity index (χ0) is 29.5. The molecule has 3 aromatic carbocycles. The molecule has 0 saturated heterocycles. The van der Waals surface area contributed by atoms with Gasteiger partial charge in [-0.2, -0.15) is 0 Å². The third-order valence-corrected chi connectivity index (χ3v) is 7.25. The minimum atomic E-state index is -1.43. The van der Waals surface area contributed by atoms with Crippen LogP contribution >= 0.6 is 27.3 Å². The van der Waals surface area contributed by atoms with E-state index in [1.807, 2.05) is 0 Å². The number of non-ortho nitro benzene ring substituents is 1. The van der Waals surface area contributed by atoms with Crippen LogP contribution in [0.4, 0.5) is 17.1 Å². The van der Waals surface area contributed by atoms with E-state index in [1.54, 1.807) is 47.8 Å². The van der Waals surface area contributed by atoms with Crippen molar-refractivity contribution in [1.82, 2.24) is 0 Å². The average Bonchev–Trinajstić information content (AvgIpc) is 3.52. The molecule has 13 heteroatoms. The van der Waals surface area contributed by atoms with Crippen molar-refractivity contribution in [3.63, 3.8) is 0 Å². The number of carbonyl (C=O) groups is 3. The number of esters is 1. The largest absolute Gasteiger partial charge is 0.493 e. The molecular weight excluding hydrogens is 618 g/mol. The van der Waals surface area contributed by atoms with Crippen LogP contribution in [-0.2, 0) is 9.53 Å². The summed E-state index contributed by atoms with van der Waals surface area (Å²) in [6, 6.07) is 18.2. The lowest BCUT2D eigenvalue weighted by molar-refractivity contribution is -0.384. The molecule has 2 amide bonds. The summed E-state index contributed by atoms with van der Waals surface area (Å²) >= 11 is 4.44. The van der Waals surface area contributed by atoms with Crippen molar-refractivity contribution in [1.29, 1.82) is 0 Å². The first-order valence-corrected chi connectivity index (χ1v) is 13.5. The Bertz CT molecular complexity index is 1600. The number of benzene rings is 3. The number of nitro groups is 1. The predicted molar refractivity (Wildman–Crippen MR) is 156 cm³/mol. The smallest absolute Gasteiger partial charge is 0.341 e. The third-order valence-electron chi connectivity index (χ3n) is 5.72. The second-order valence-corrected chi connectivity index (χ2v) is 10.1. The molecule has 0 radical (unpaired) electrons. The number of methoxy groups -OCH3 is 2. The molecule has 210 valence electrons. The Morgan fingerprint density at radius 1 is 0.902 bits per heavy atom. The van der Waals surface area contributed by atoms with Crippen LogP contribution in [0.25, 0.3) is 0 Å². The van der Waals surface area contributed by atoms with Gasteiger partial charge in [-0.25, -0.2) is 4.79 Å². The normalized spacial score (nSPS) is 11.2. The van der Waals surface area contributed by atoms with Gasteiger partial charge >= 0.3 is 5.97 Å². The fourth-order valence-corrected chi connectivity index (χ4v) is 4.82. The van der Waals surface area contributed by atoms with Crippen LogP contribution in [0.15, 0.2) is 82.6 Å². The van der Waals surface area contributed by atoms with Crippen LogP contribution in [0.1, 0.15) is 31.7 Å². The number of carbonyl (C=O) groups excluding carboxylic acids is 3. The van der Waals surface area contributed by atoms with Gasteiger partial charge in [0.1, 0.15) is 0 Å². The van der Waals surface area contributed by atoms with Crippen molar-refractivity contribution in [2.24, 2.45) is 0 Å². The Kier molecular flexibility index (Phi) is 9.32. The van der Waals surface area contributed by atoms with E-state index in [9.17, 15) is 24.5 Å². The molecule has 1 aromatic heterocycles. The predicted octanol–water partition coefficient (Wildman–Crippen LogP) is 6.23. The monoisotopic (exact) mass is 639 g/mol. The van der Waals surface area contributed by atoms with E-state index in [-0.39, 0.29) is 38.6 Å². The first-order chi connectivity index (χ1) is 19.7. The molecule has 1 unspecified atom stereocenters. The highest BCUT2D eigenvalue weighted by atomic mass is 79.9. The lowest BCUT2D eigenvalue weighted by Crippen LogP contribution is -2.26. The van der Waals surface area contributed by atoms with E-state index in [1.165, 1.54) is 55.9 Å². The fraction of sp³-hybridized carbons (Fsp3) is 0.107. The van der Waals surface area contributed by atoms with Gasteiger partial charge in [-0.1, -0.05) is 36.4 Å². The Labute approximate surface area is 246 Å². The van der Waals surface area contributed by atoms with Gasteiger partial charge in [0.15, 0.2) is 11.5 Å². The van der Waals surface area contributed by atoms with Gasteiger partial charge < -0.3 is 24.8 Å². The first-order valence-electron chi connectivity index (χ1n) is 11.8. The summed E-state index contributed by atoms with van der Waals surface area (Å²) < 4.78 is 16.7. The van der Waals surface area contributed by atoms with E-state index < -0.39 is 28.8 Å². The summed E-state index contributed by atoms with van der Waals surface area (Å²) in [6.45, 7) is 0. The molecule has 4 aromatic rings. The first kappa shape index (κ1) is 29.2. The summed E-state index contributed by atoms with van der Waals surface area (Å²) in [6.07, 6.45) is -1.43. The summed E-state index contributed by atoms with van der Waals surface area (Å²) in [5, 5.41) is 18.2. The highest BCUT2D eigenvalue weighted by molar-refractivity contribution is 9.10. The number of nitro benzene ring substituents is 1. The van der Waals surface area contributed by atoms with Crippen LogP contribution in [0.5, 0.6) is 11.5 Å². The standard InChI is InChI=1S/C28H22BrN3O8S/c1-38-22-14-18(21(15-23(22)39-2)31-26(33)24-9-6-12-41-24)28(35)40-25(16-7-4-3-5-8-16)27(34)30-20-11-10-17(32(36)37)13-19(20)29/h3-15,25H,1-2H3,(H,30,34)(H,31,33). The summed E-state index contributed by atoms with van der Waals surface area (Å²) in [5.74, 6) is -1.65. The van der Waals surface area contributed by atoms with Gasteiger partial charge in [-0.3, -0.25) is 19.7 Å². The maximum atomic E-state index is 13.6. The highest BCUT2D eigenvalue weighted by Gasteiger charge is 2.29. The van der Waals surface area contributed by atoms with Gasteiger partial charge in [0.2, 0.25) is 6.10 Å². The summed E-state index contributed by atoms with van der Waals surface area (Å²) in [5.41, 5.74) is 0.411. The maximum Gasteiger partial charge on any atom is 0.341 e. The van der Waals surface area contributed by atoms with Gasteiger partial charge in [-0.05, 0) is 33.4 Å². The number of hydrogen-bond acceptors (Lipinski definition) is 9. The summed E-state index contributed by atoms with van der Waals surface area (Å²) in [7, 11) is 2.80. The molecule has 0 aliphatic heterocycles. The zero-order valence-electron chi connectivity index (χ0n) is 21.6. The molecule has 2 N–H and O–H groups in total. The lowest BCUT2D eigenvalue weighted by atomic mass is 10.1. The van der Waals surface area contributed by atoms with Crippen LogP contribution in [-0.4, -0.2) is 36.9 Å². The van der Waals surface area contributed by atoms with Gasteiger partial charge in [0.05, 0.1) is 41.0 Å². The van der Waals surface area contributed by atoms with E-state index in [0.717, 1.165) is 0 Å². The molecule has 0 saturated carbocycles. The van der Waals surface area contributed by atoms with Crippen LogP contribution in [0.3, 0.4) is 0 Å². The average molecular weight is 640 g/mol. The number of amides is 2. The van der Waals surface area contributed by atoms with Crippen LogP contribution in [0.2, 0.25) is 0 Å². The number of ether oxygens (including phenoxy) is 3. The van der Waals surface area contributed by atoms with Crippen molar-refractivity contribution in [2.45, 2.75) is 6.10 Å². The third kappa shape index (κ3) is 6.88. The van der Waals surface area contributed by atoms with Crippen molar-refractivity contribution >= 4 is 62.1 Å². The van der Waals surface area contributed by atoms with Crippen LogP contribution in [0, 0.1) is 10.1 Å². The quantitative estimate of drug-likeness (QED) is 0.118. The highest BCUT2D eigenvalue weighted by Crippen LogP contribution is 2.35. The Hall–Kier alpha value is -4.75. The maximum absolute atomic E-state index is 13.6. The molecule has 1 heterocycles. The van der Waals surface area contributed by atoms with Crippen molar-refractivity contribution < 1.29 is 33.5 Å². The fourth-order valence-electron chi connectivity index (χ4n) is 3.73. The number of thiophene rings is 1. The lowest BCUT2D eigenvalue weighted by Gasteiger charge is -2.20. The van der Waals surface area contributed by atoms with Crippen molar-refractivity contribution in [2.75, 3.05) is 24.9 Å². The van der Waals surface area contributed by atoms with Crippen molar-refractivity contribution in [3.05, 3.63) is 109 Å². The molecule has 0 aliphatic rings. The molecule has 41 heavy (non-hydrogen) atoms. The number of nitrogens with one attached hydrogen (secondary N) is 2. The van der Waals surface area contributed by atoms with Crippen molar-refractivity contribution in [3.8, 4) is 11.5 Å². The summed E-state index contributed by atoms with van der Waals surface area (Å²) in [4.78, 5) is 50.8. The van der Waals surface area contributed by atoms with E-state index in [0.29, 0.717) is 10.4 Å². The number of anilines is 2. The Morgan fingerprint density at radius 3 is 2.22 bits per heavy atom. The molecule has 11 nitrogen and oxygen atoms in total. The molecule has 0 spiro atoms. The number of rotatable bonds is 10. The molecule has 0 bridgehead atoms. The number of nitrogens with zero attached hydrogens (tertiary/aromatic N) is 1. The van der Waals surface area contributed by atoms with Gasteiger partial charge in [0, 0.05) is 34.3 Å². The zero-order valence-corrected chi connectivity index (χ0v) is 24.0. The van der Waals surface area contributed by atoms with E-state index >= 15 is 0 Å². The second kappa shape index (κ2) is 13.1. The minimum Gasteiger partial charge on any atom is -0.493 e. The van der Waals surface area contributed by atoms with Crippen LogP contribution < -0.4 is 20.1 Å². The molecular formula is C28H22BrN3O8S. The Balaban J connectivity index is 1.68. The topological polar surface area (TPSA) is 146 Å². The van der Waals surface area contributed by atoms with E-state index in [2.05, 4.69) is 26.6 Å². The SMILES string of the molecule is COc1cc(NC(=O)c2cccs2)c(C(=O)OC(C(=O)Nc2ccc([N+](=O)[O-])cc2Br)c2ccccc2)cc1OC. The molecule has 0 fully saturated rings. The number of hydrogen-bond donors (Lipinski definition) is 2. The van der Waals surface area contributed by atoms with E-state index in [4.69, 9.17) is 14.2 Å². The molecule has 4 rings (SSSR count).